The van der Waals surface area contributed by atoms with E-state index >= 15 is 0 Å². The van der Waals surface area contributed by atoms with Crippen LogP contribution in [-0.4, -0.2) is 24.6 Å². The summed E-state index contributed by atoms with van der Waals surface area (Å²) in [6.07, 6.45) is 1.15. The Morgan fingerprint density at radius 2 is 1.85 bits per heavy atom. The molecule has 0 aliphatic carbocycles. The Labute approximate surface area is 128 Å². The summed E-state index contributed by atoms with van der Waals surface area (Å²) < 4.78 is 0. The molecule has 3 nitrogen and oxygen atoms in total. The molecule has 0 aliphatic heterocycles. The Bertz CT molecular complexity index is 398. The molecule has 0 aliphatic rings. The van der Waals surface area contributed by atoms with Crippen LogP contribution in [0, 0.1) is 5.92 Å². The topological polar surface area (TPSA) is 28.2 Å². The number of rotatable bonds is 8. The van der Waals surface area contributed by atoms with Crippen molar-refractivity contribution >= 4 is 16.5 Å². The highest BCUT2D eigenvalue weighted by Crippen LogP contribution is 2.31. The van der Waals surface area contributed by atoms with Crippen molar-refractivity contribution in [3.05, 3.63) is 10.6 Å². The highest BCUT2D eigenvalue weighted by Gasteiger charge is 2.18. The lowest BCUT2D eigenvalue weighted by Gasteiger charge is -2.22. The molecule has 0 saturated heterocycles. The van der Waals surface area contributed by atoms with Crippen LogP contribution in [0.4, 0.5) is 5.13 Å². The number of anilines is 1. The summed E-state index contributed by atoms with van der Waals surface area (Å²) in [5.74, 6) is 1.17. The summed E-state index contributed by atoms with van der Waals surface area (Å²) >= 11 is 1.84. The van der Waals surface area contributed by atoms with E-state index in [1.165, 1.54) is 10.6 Å². The molecule has 1 unspecified atom stereocenters. The fraction of sp³-hybridized carbons (Fsp3) is 0.812. The molecule has 1 rings (SSSR count). The lowest BCUT2D eigenvalue weighted by atomic mass is 10.1. The molecule has 1 aromatic heterocycles. The third kappa shape index (κ3) is 4.74. The van der Waals surface area contributed by atoms with Gasteiger partial charge in [0.1, 0.15) is 0 Å². The standard InChI is InChI=1S/C16H31N3S/c1-8-13(6)19(7)16-18-15(12(4)5)14(20-16)10-17-9-11(2)3/h11-13,17H,8-10H2,1-7H3. The first-order valence-electron chi connectivity index (χ1n) is 7.79. The van der Waals surface area contributed by atoms with E-state index in [1.54, 1.807) is 0 Å². The average molecular weight is 298 g/mol. The van der Waals surface area contributed by atoms with E-state index in [0.29, 0.717) is 17.9 Å². The van der Waals surface area contributed by atoms with Gasteiger partial charge in [0.2, 0.25) is 0 Å². The maximum Gasteiger partial charge on any atom is 0.185 e. The van der Waals surface area contributed by atoms with Gasteiger partial charge in [-0.3, -0.25) is 0 Å². The van der Waals surface area contributed by atoms with Crippen LogP contribution in [0.25, 0.3) is 0 Å². The molecular weight excluding hydrogens is 266 g/mol. The molecule has 1 aromatic rings. The van der Waals surface area contributed by atoms with Gasteiger partial charge in [-0.05, 0) is 31.7 Å². The van der Waals surface area contributed by atoms with E-state index in [0.717, 1.165) is 24.6 Å². The van der Waals surface area contributed by atoms with Crippen LogP contribution in [-0.2, 0) is 6.54 Å². The van der Waals surface area contributed by atoms with E-state index in [9.17, 15) is 0 Å². The highest BCUT2D eigenvalue weighted by molar-refractivity contribution is 7.15. The van der Waals surface area contributed by atoms with E-state index in [-0.39, 0.29) is 0 Å². The third-order valence-corrected chi connectivity index (χ3v) is 4.82. The smallest absolute Gasteiger partial charge is 0.185 e. The first kappa shape index (κ1) is 17.4. The fourth-order valence-corrected chi connectivity index (χ4v) is 3.26. The monoisotopic (exact) mass is 297 g/mol. The van der Waals surface area contributed by atoms with Gasteiger partial charge in [0.25, 0.3) is 0 Å². The lowest BCUT2D eigenvalue weighted by Crippen LogP contribution is -2.27. The van der Waals surface area contributed by atoms with Crippen molar-refractivity contribution in [1.29, 1.82) is 0 Å². The Morgan fingerprint density at radius 1 is 1.20 bits per heavy atom. The number of thiazole rings is 1. The Hall–Kier alpha value is -0.610. The molecule has 116 valence electrons. The van der Waals surface area contributed by atoms with Gasteiger partial charge in [-0.25, -0.2) is 4.98 Å². The predicted octanol–water partition coefficient (Wildman–Crippen LogP) is 4.25. The van der Waals surface area contributed by atoms with Gasteiger partial charge in [0, 0.05) is 24.5 Å². The van der Waals surface area contributed by atoms with Crippen molar-refractivity contribution in [3.63, 3.8) is 0 Å². The second kappa shape index (κ2) is 7.99. The minimum atomic E-state index is 0.487. The minimum absolute atomic E-state index is 0.487. The zero-order valence-corrected chi connectivity index (χ0v) is 15.0. The molecule has 0 aromatic carbocycles. The lowest BCUT2D eigenvalue weighted by molar-refractivity contribution is 0.552. The van der Waals surface area contributed by atoms with Crippen molar-refractivity contribution in [2.24, 2.45) is 5.92 Å². The molecule has 4 heteroatoms. The first-order chi connectivity index (χ1) is 9.36. The van der Waals surface area contributed by atoms with Gasteiger partial charge in [0.15, 0.2) is 5.13 Å². The Morgan fingerprint density at radius 3 is 2.35 bits per heavy atom. The van der Waals surface area contributed by atoms with E-state index in [1.807, 2.05) is 11.3 Å². The average Bonchev–Trinajstić information content (AvgIpc) is 2.80. The van der Waals surface area contributed by atoms with Crippen LogP contribution < -0.4 is 10.2 Å². The fourth-order valence-electron chi connectivity index (χ4n) is 2.02. The maximum absolute atomic E-state index is 4.88. The molecule has 1 N–H and O–H groups in total. The van der Waals surface area contributed by atoms with Gasteiger partial charge in [-0.1, -0.05) is 34.6 Å². The molecule has 1 heterocycles. The number of nitrogens with zero attached hydrogens (tertiary/aromatic N) is 2. The molecule has 1 atom stereocenters. The SMILES string of the molecule is CCC(C)N(C)c1nc(C(C)C)c(CNCC(C)C)s1. The predicted molar refractivity (Wildman–Crippen MR) is 90.9 cm³/mol. The zero-order chi connectivity index (χ0) is 15.3. The molecule has 0 radical (unpaired) electrons. The summed E-state index contributed by atoms with van der Waals surface area (Å²) in [5, 5.41) is 4.70. The van der Waals surface area contributed by atoms with Crippen molar-refractivity contribution in [3.8, 4) is 0 Å². The van der Waals surface area contributed by atoms with Crippen LogP contribution in [0.5, 0.6) is 0 Å². The molecule has 0 bridgehead atoms. The van der Waals surface area contributed by atoms with Crippen molar-refractivity contribution < 1.29 is 0 Å². The molecule has 0 saturated carbocycles. The van der Waals surface area contributed by atoms with Crippen molar-refractivity contribution in [1.82, 2.24) is 10.3 Å². The molecule has 0 spiro atoms. The molecule has 0 amide bonds. The quantitative estimate of drug-likeness (QED) is 0.777. The Balaban J connectivity index is 2.84. The summed E-state index contributed by atoms with van der Waals surface area (Å²) in [4.78, 5) is 8.58. The molecular formula is C16H31N3S. The summed E-state index contributed by atoms with van der Waals surface area (Å²) in [5.41, 5.74) is 1.26. The third-order valence-electron chi connectivity index (χ3n) is 3.65. The van der Waals surface area contributed by atoms with Gasteiger partial charge in [-0.2, -0.15) is 0 Å². The second-order valence-corrected chi connectivity index (χ2v) is 7.41. The van der Waals surface area contributed by atoms with Crippen molar-refractivity contribution in [2.45, 2.75) is 66.5 Å². The minimum Gasteiger partial charge on any atom is -0.348 e. The molecule has 0 fully saturated rings. The number of hydrogen-bond donors (Lipinski definition) is 1. The Kier molecular flexibility index (Phi) is 6.96. The maximum atomic E-state index is 4.88. The number of nitrogens with one attached hydrogen (secondary N) is 1. The van der Waals surface area contributed by atoms with E-state index < -0.39 is 0 Å². The summed E-state index contributed by atoms with van der Waals surface area (Å²) in [6.45, 7) is 15.4. The van der Waals surface area contributed by atoms with Crippen molar-refractivity contribution in [2.75, 3.05) is 18.5 Å². The van der Waals surface area contributed by atoms with Gasteiger partial charge in [0.05, 0.1) is 5.69 Å². The van der Waals surface area contributed by atoms with Gasteiger partial charge < -0.3 is 10.2 Å². The highest BCUT2D eigenvalue weighted by atomic mass is 32.1. The van der Waals surface area contributed by atoms with Crippen LogP contribution in [0.3, 0.4) is 0 Å². The normalized spacial score (nSPS) is 13.2. The van der Waals surface area contributed by atoms with Gasteiger partial charge in [-0.15, -0.1) is 11.3 Å². The summed E-state index contributed by atoms with van der Waals surface area (Å²) in [7, 11) is 2.16. The zero-order valence-electron chi connectivity index (χ0n) is 14.2. The number of hydrogen-bond acceptors (Lipinski definition) is 4. The molecule has 20 heavy (non-hydrogen) atoms. The van der Waals surface area contributed by atoms with Crippen LogP contribution in [0.15, 0.2) is 0 Å². The van der Waals surface area contributed by atoms with E-state index in [4.69, 9.17) is 4.98 Å². The van der Waals surface area contributed by atoms with Crippen LogP contribution in [0.2, 0.25) is 0 Å². The van der Waals surface area contributed by atoms with Crippen LogP contribution in [0.1, 0.15) is 64.5 Å². The largest absolute Gasteiger partial charge is 0.348 e. The van der Waals surface area contributed by atoms with Crippen LogP contribution >= 0.6 is 11.3 Å². The van der Waals surface area contributed by atoms with E-state index in [2.05, 4.69) is 58.8 Å². The number of aromatic nitrogens is 1. The van der Waals surface area contributed by atoms with Gasteiger partial charge >= 0.3 is 0 Å². The second-order valence-electron chi connectivity index (χ2n) is 6.35. The first-order valence-corrected chi connectivity index (χ1v) is 8.61. The summed E-state index contributed by atoms with van der Waals surface area (Å²) in [6, 6.07) is 0.539.